The lowest BCUT2D eigenvalue weighted by Gasteiger charge is -2.19. The van der Waals surface area contributed by atoms with Crippen molar-refractivity contribution in [3.63, 3.8) is 0 Å². The number of oxazole rings is 1. The van der Waals surface area contributed by atoms with Crippen LogP contribution in [0.4, 0.5) is 0 Å². The second kappa shape index (κ2) is 4.72. The zero-order chi connectivity index (χ0) is 12.5. The van der Waals surface area contributed by atoms with Gasteiger partial charge in [-0.05, 0) is 44.7 Å². The van der Waals surface area contributed by atoms with Crippen molar-refractivity contribution < 1.29 is 9.21 Å². The van der Waals surface area contributed by atoms with Crippen molar-refractivity contribution in [2.45, 2.75) is 19.8 Å². The minimum atomic E-state index is 0.0224. The third-order valence-electron chi connectivity index (χ3n) is 4.25. The summed E-state index contributed by atoms with van der Waals surface area (Å²) in [4.78, 5) is 18.3. The first kappa shape index (κ1) is 11.7. The van der Waals surface area contributed by atoms with E-state index in [0.29, 0.717) is 11.5 Å². The van der Waals surface area contributed by atoms with Crippen LogP contribution in [0.5, 0.6) is 0 Å². The number of carbonyl (C=O) groups is 1. The molecule has 0 bridgehead atoms. The topological polar surface area (TPSA) is 58.4 Å². The lowest BCUT2D eigenvalue weighted by molar-refractivity contribution is 0.0751. The van der Waals surface area contributed by atoms with E-state index in [0.717, 1.165) is 50.9 Å². The summed E-state index contributed by atoms with van der Waals surface area (Å²) in [6.45, 7) is 5.68. The molecule has 0 aliphatic carbocycles. The fourth-order valence-electron chi connectivity index (χ4n) is 3.08. The molecule has 0 saturated carbocycles. The highest BCUT2D eigenvalue weighted by Gasteiger charge is 2.32. The molecule has 3 rings (SSSR count). The van der Waals surface area contributed by atoms with Crippen LogP contribution in [-0.2, 0) is 0 Å². The first-order valence-electron chi connectivity index (χ1n) is 6.66. The molecule has 3 heterocycles. The van der Waals surface area contributed by atoms with Gasteiger partial charge in [-0.15, -0.1) is 0 Å². The summed E-state index contributed by atoms with van der Waals surface area (Å²) >= 11 is 0. The Bertz CT molecular complexity index is 429. The van der Waals surface area contributed by atoms with Crippen LogP contribution in [0.15, 0.2) is 10.8 Å². The number of amides is 1. The number of aromatic nitrogens is 1. The molecule has 1 aromatic heterocycles. The average molecular weight is 249 g/mol. The second-order valence-corrected chi connectivity index (χ2v) is 5.31. The summed E-state index contributed by atoms with van der Waals surface area (Å²) in [7, 11) is 0. The van der Waals surface area contributed by atoms with Gasteiger partial charge in [-0.2, -0.15) is 0 Å². The molecular weight excluding hydrogens is 230 g/mol. The Balaban J connectivity index is 1.70. The quantitative estimate of drug-likeness (QED) is 0.808. The predicted octanol–water partition coefficient (Wildman–Crippen LogP) is 1.05. The highest BCUT2D eigenvalue weighted by atomic mass is 16.3. The molecule has 5 heteroatoms. The van der Waals surface area contributed by atoms with Crippen LogP contribution < -0.4 is 5.32 Å². The van der Waals surface area contributed by atoms with E-state index in [-0.39, 0.29) is 5.91 Å². The van der Waals surface area contributed by atoms with E-state index in [4.69, 9.17) is 4.42 Å². The Hall–Kier alpha value is -1.36. The smallest absolute Gasteiger partial charge is 0.276 e. The molecule has 5 nitrogen and oxygen atoms in total. The summed E-state index contributed by atoms with van der Waals surface area (Å²) in [6, 6.07) is 0. The average Bonchev–Trinajstić information content (AvgIpc) is 2.94. The monoisotopic (exact) mass is 249 g/mol. The first-order chi connectivity index (χ1) is 8.75. The minimum absolute atomic E-state index is 0.0224. The van der Waals surface area contributed by atoms with E-state index < -0.39 is 0 Å². The van der Waals surface area contributed by atoms with Gasteiger partial charge in [-0.25, -0.2) is 4.98 Å². The number of hydrogen-bond acceptors (Lipinski definition) is 4. The number of hydrogen-bond donors (Lipinski definition) is 1. The Kier molecular flexibility index (Phi) is 3.07. The van der Waals surface area contributed by atoms with E-state index in [1.54, 1.807) is 6.92 Å². The Labute approximate surface area is 107 Å². The van der Waals surface area contributed by atoms with Gasteiger partial charge in [0.25, 0.3) is 5.91 Å². The number of rotatable bonds is 1. The van der Waals surface area contributed by atoms with Gasteiger partial charge in [0.2, 0.25) is 0 Å². The fourth-order valence-corrected chi connectivity index (χ4v) is 3.08. The molecule has 18 heavy (non-hydrogen) atoms. The number of likely N-dealkylation sites (tertiary alicyclic amines) is 1. The van der Waals surface area contributed by atoms with Gasteiger partial charge in [0.15, 0.2) is 12.1 Å². The molecule has 1 aromatic rings. The van der Waals surface area contributed by atoms with Crippen molar-refractivity contribution in [3.8, 4) is 0 Å². The Morgan fingerprint density at radius 3 is 2.61 bits per heavy atom. The molecule has 2 fully saturated rings. The third kappa shape index (κ3) is 2.03. The van der Waals surface area contributed by atoms with E-state index in [2.05, 4.69) is 10.3 Å². The molecule has 0 unspecified atom stereocenters. The standard InChI is InChI=1S/C13H19N3O2/c1-9-12(15-8-18-9)13(17)16-4-2-10-6-14-7-11(10)3-5-16/h8,10-11,14H,2-7H2,1H3/t10-,11+. The molecule has 1 amide bonds. The maximum Gasteiger partial charge on any atom is 0.276 e. The van der Waals surface area contributed by atoms with Gasteiger partial charge in [0, 0.05) is 13.1 Å². The molecule has 0 aromatic carbocycles. The number of nitrogens with zero attached hydrogens (tertiary/aromatic N) is 2. The lowest BCUT2D eigenvalue weighted by Crippen LogP contribution is -2.33. The van der Waals surface area contributed by atoms with Crippen molar-refractivity contribution in [1.29, 1.82) is 0 Å². The van der Waals surface area contributed by atoms with Gasteiger partial charge in [0.05, 0.1) is 0 Å². The SMILES string of the molecule is Cc1ocnc1C(=O)N1CC[C@@H]2CNC[C@@H]2CC1. The number of fused-ring (bicyclic) bond motifs is 1. The zero-order valence-electron chi connectivity index (χ0n) is 10.7. The summed E-state index contributed by atoms with van der Waals surface area (Å²) in [5, 5.41) is 3.44. The predicted molar refractivity (Wildman–Crippen MR) is 66.2 cm³/mol. The molecule has 2 saturated heterocycles. The molecule has 0 spiro atoms. The molecule has 2 aliphatic rings. The normalized spacial score (nSPS) is 27.9. The van der Waals surface area contributed by atoms with E-state index >= 15 is 0 Å². The number of aryl methyl sites for hydroxylation is 1. The largest absolute Gasteiger partial charge is 0.448 e. The summed E-state index contributed by atoms with van der Waals surface area (Å²) in [5.41, 5.74) is 0.472. The lowest BCUT2D eigenvalue weighted by atomic mass is 9.92. The maximum absolute atomic E-state index is 12.3. The molecule has 0 radical (unpaired) electrons. The van der Waals surface area contributed by atoms with Crippen LogP contribution in [0.2, 0.25) is 0 Å². The van der Waals surface area contributed by atoms with Crippen molar-refractivity contribution in [3.05, 3.63) is 17.8 Å². The van der Waals surface area contributed by atoms with Crippen molar-refractivity contribution in [1.82, 2.24) is 15.2 Å². The zero-order valence-corrected chi connectivity index (χ0v) is 10.7. The highest BCUT2D eigenvalue weighted by molar-refractivity contribution is 5.93. The van der Waals surface area contributed by atoms with Crippen LogP contribution in [0, 0.1) is 18.8 Å². The summed E-state index contributed by atoms with van der Waals surface area (Å²) in [5.74, 6) is 2.11. The van der Waals surface area contributed by atoms with Crippen LogP contribution in [0.25, 0.3) is 0 Å². The summed E-state index contributed by atoms with van der Waals surface area (Å²) < 4.78 is 5.11. The second-order valence-electron chi connectivity index (χ2n) is 5.31. The molecule has 2 aliphatic heterocycles. The van der Waals surface area contributed by atoms with Crippen LogP contribution in [-0.4, -0.2) is 42.0 Å². The fraction of sp³-hybridized carbons (Fsp3) is 0.692. The van der Waals surface area contributed by atoms with E-state index in [9.17, 15) is 4.79 Å². The Morgan fingerprint density at radius 2 is 2.06 bits per heavy atom. The number of nitrogens with one attached hydrogen (secondary N) is 1. The summed E-state index contributed by atoms with van der Waals surface area (Å²) in [6.07, 6.45) is 3.54. The van der Waals surface area contributed by atoms with Crippen LogP contribution in [0.3, 0.4) is 0 Å². The van der Waals surface area contributed by atoms with Gasteiger partial charge in [-0.1, -0.05) is 0 Å². The van der Waals surface area contributed by atoms with Crippen LogP contribution in [0.1, 0.15) is 29.1 Å². The van der Waals surface area contributed by atoms with Crippen molar-refractivity contribution >= 4 is 5.91 Å². The molecule has 2 atom stereocenters. The Morgan fingerprint density at radius 1 is 1.39 bits per heavy atom. The van der Waals surface area contributed by atoms with Crippen molar-refractivity contribution in [2.24, 2.45) is 11.8 Å². The van der Waals surface area contributed by atoms with Gasteiger partial charge < -0.3 is 14.6 Å². The van der Waals surface area contributed by atoms with E-state index in [1.807, 2.05) is 4.90 Å². The third-order valence-corrected chi connectivity index (χ3v) is 4.25. The van der Waals surface area contributed by atoms with E-state index in [1.165, 1.54) is 6.39 Å². The molecular formula is C13H19N3O2. The van der Waals surface area contributed by atoms with Crippen LogP contribution >= 0.6 is 0 Å². The molecule has 1 N–H and O–H groups in total. The number of carbonyl (C=O) groups excluding carboxylic acids is 1. The van der Waals surface area contributed by atoms with Crippen molar-refractivity contribution in [2.75, 3.05) is 26.2 Å². The minimum Gasteiger partial charge on any atom is -0.448 e. The first-order valence-corrected chi connectivity index (χ1v) is 6.66. The maximum atomic E-state index is 12.3. The van der Waals surface area contributed by atoms with Gasteiger partial charge >= 0.3 is 0 Å². The van der Waals surface area contributed by atoms with Gasteiger partial charge in [-0.3, -0.25) is 4.79 Å². The molecule has 98 valence electrons. The van der Waals surface area contributed by atoms with Gasteiger partial charge in [0.1, 0.15) is 5.76 Å². The highest BCUT2D eigenvalue weighted by Crippen LogP contribution is 2.27.